The predicted molar refractivity (Wildman–Crippen MR) is 89.4 cm³/mol. The SMILES string of the molecule is O=C(Nc1ccccc1)c1nnc(CN2CCC(CO)CC2)s1. The van der Waals surface area contributed by atoms with Crippen LogP contribution in [0.15, 0.2) is 30.3 Å². The molecule has 1 amide bonds. The monoisotopic (exact) mass is 332 g/mol. The van der Waals surface area contributed by atoms with Crippen LogP contribution in [0.4, 0.5) is 5.69 Å². The fourth-order valence-electron chi connectivity index (χ4n) is 2.63. The lowest BCUT2D eigenvalue weighted by Gasteiger charge is -2.30. The molecule has 0 saturated carbocycles. The molecule has 1 aromatic heterocycles. The van der Waals surface area contributed by atoms with Gasteiger partial charge >= 0.3 is 0 Å². The van der Waals surface area contributed by atoms with Crippen molar-refractivity contribution in [2.75, 3.05) is 25.0 Å². The van der Waals surface area contributed by atoms with Gasteiger partial charge in [0, 0.05) is 12.3 Å². The zero-order valence-electron chi connectivity index (χ0n) is 12.8. The minimum absolute atomic E-state index is 0.223. The summed E-state index contributed by atoms with van der Waals surface area (Å²) in [5.74, 6) is 0.201. The standard InChI is InChI=1S/C16H20N4O2S/c21-11-12-6-8-20(9-7-12)10-14-18-19-16(23-14)15(22)17-13-4-2-1-3-5-13/h1-5,12,21H,6-11H2,(H,17,22). The molecule has 0 atom stereocenters. The Morgan fingerprint density at radius 2 is 2.00 bits per heavy atom. The van der Waals surface area contributed by atoms with Crippen molar-refractivity contribution in [3.63, 3.8) is 0 Å². The zero-order valence-corrected chi connectivity index (χ0v) is 13.6. The van der Waals surface area contributed by atoms with E-state index in [0.717, 1.165) is 36.6 Å². The first-order chi connectivity index (χ1) is 11.2. The molecular formula is C16H20N4O2S. The van der Waals surface area contributed by atoms with Crippen molar-refractivity contribution in [2.24, 2.45) is 5.92 Å². The molecule has 0 spiro atoms. The molecule has 23 heavy (non-hydrogen) atoms. The van der Waals surface area contributed by atoms with Crippen molar-refractivity contribution in [3.05, 3.63) is 40.3 Å². The molecule has 0 radical (unpaired) electrons. The number of likely N-dealkylation sites (tertiary alicyclic amines) is 1. The topological polar surface area (TPSA) is 78.4 Å². The summed E-state index contributed by atoms with van der Waals surface area (Å²) < 4.78 is 0. The molecule has 122 valence electrons. The first-order valence-electron chi connectivity index (χ1n) is 7.76. The summed E-state index contributed by atoms with van der Waals surface area (Å²) in [6.07, 6.45) is 2.02. The Kier molecular flexibility index (Phi) is 5.32. The molecule has 1 aliphatic rings. The molecule has 0 unspecified atom stereocenters. The fourth-order valence-corrected chi connectivity index (χ4v) is 3.41. The summed E-state index contributed by atoms with van der Waals surface area (Å²) in [5, 5.41) is 21.3. The lowest BCUT2D eigenvalue weighted by Crippen LogP contribution is -2.34. The van der Waals surface area contributed by atoms with Crippen LogP contribution in [0, 0.1) is 5.92 Å². The maximum atomic E-state index is 12.2. The highest BCUT2D eigenvalue weighted by Crippen LogP contribution is 2.20. The summed E-state index contributed by atoms with van der Waals surface area (Å²) in [7, 11) is 0. The number of nitrogens with zero attached hydrogens (tertiary/aromatic N) is 3. The van der Waals surface area contributed by atoms with Crippen LogP contribution in [0.1, 0.15) is 27.7 Å². The van der Waals surface area contributed by atoms with Crippen LogP contribution < -0.4 is 5.32 Å². The van der Waals surface area contributed by atoms with Crippen molar-refractivity contribution in [3.8, 4) is 0 Å². The normalized spacial score (nSPS) is 16.4. The van der Waals surface area contributed by atoms with Crippen LogP contribution in [0.5, 0.6) is 0 Å². The number of aliphatic hydroxyl groups excluding tert-OH is 1. The molecule has 1 aliphatic heterocycles. The molecule has 1 saturated heterocycles. The number of rotatable bonds is 5. The minimum Gasteiger partial charge on any atom is -0.396 e. The lowest BCUT2D eigenvalue weighted by molar-refractivity contribution is 0.102. The number of hydrogen-bond donors (Lipinski definition) is 2. The van der Waals surface area contributed by atoms with Crippen molar-refractivity contribution >= 4 is 22.9 Å². The number of nitrogens with one attached hydrogen (secondary N) is 1. The van der Waals surface area contributed by atoms with Crippen LogP contribution in [-0.2, 0) is 6.54 Å². The second-order valence-electron chi connectivity index (χ2n) is 5.72. The summed E-state index contributed by atoms with van der Waals surface area (Å²) in [4.78, 5) is 14.5. The fraction of sp³-hybridized carbons (Fsp3) is 0.438. The summed E-state index contributed by atoms with van der Waals surface area (Å²) in [6.45, 7) is 2.90. The number of anilines is 1. The number of piperidine rings is 1. The number of aliphatic hydroxyl groups is 1. The minimum atomic E-state index is -0.223. The lowest BCUT2D eigenvalue weighted by atomic mass is 9.98. The van der Waals surface area contributed by atoms with E-state index in [0.29, 0.717) is 17.5 Å². The molecule has 2 aromatic rings. The Balaban J connectivity index is 1.55. The van der Waals surface area contributed by atoms with Crippen molar-refractivity contribution in [1.29, 1.82) is 0 Å². The third-order valence-electron chi connectivity index (χ3n) is 4.02. The third kappa shape index (κ3) is 4.34. The summed E-state index contributed by atoms with van der Waals surface area (Å²) in [6, 6.07) is 9.32. The molecule has 7 heteroatoms. The van der Waals surface area contributed by atoms with Crippen LogP contribution >= 0.6 is 11.3 Å². The van der Waals surface area contributed by atoms with Crippen LogP contribution in [0.3, 0.4) is 0 Å². The van der Waals surface area contributed by atoms with Gasteiger partial charge in [-0.05, 0) is 44.0 Å². The van der Waals surface area contributed by atoms with Gasteiger partial charge in [0.25, 0.3) is 5.91 Å². The molecule has 0 aliphatic carbocycles. The smallest absolute Gasteiger partial charge is 0.286 e. The van der Waals surface area contributed by atoms with Gasteiger partial charge in [-0.25, -0.2) is 0 Å². The van der Waals surface area contributed by atoms with E-state index >= 15 is 0 Å². The Morgan fingerprint density at radius 3 is 2.70 bits per heavy atom. The van der Waals surface area contributed by atoms with E-state index in [4.69, 9.17) is 5.11 Å². The van der Waals surface area contributed by atoms with E-state index in [9.17, 15) is 4.79 Å². The molecular weight excluding hydrogens is 312 g/mol. The number of amides is 1. The Morgan fingerprint density at radius 1 is 1.26 bits per heavy atom. The maximum Gasteiger partial charge on any atom is 0.286 e. The first-order valence-corrected chi connectivity index (χ1v) is 8.58. The van der Waals surface area contributed by atoms with Gasteiger partial charge in [0.05, 0.1) is 6.54 Å². The van der Waals surface area contributed by atoms with Gasteiger partial charge in [-0.1, -0.05) is 29.5 Å². The summed E-state index contributed by atoms with van der Waals surface area (Å²) in [5.41, 5.74) is 0.750. The van der Waals surface area contributed by atoms with Gasteiger partial charge in [0.2, 0.25) is 5.01 Å². The maximum absolute atomic E-state index is 12.2. The average Bonchev–Trinajstić information content (AvgIpc) is 3.05. The average molecular weight is 332 g/mol. The van der Waals surface area contributed by atoms with Gasteiger partial charge in [-0.3, -0.25) is 9.69 Å². The van der Waals surface area contributed by atoms with E-state index in [1.807, 2.05) is 30.3 Å². The van der Waals surface area contributed by atoms with Crippen molar-refractivity contribution < 1.29 is 9.90 Å². The highest BCUT2D eigenvalue weighted by atomic mass is 32.1. The highest BCUT2D eigenvalue weighted by molar-refractivity contribution is 7.13. The second-order valence-corrected chi connectivity index (χ2v) is 6.79. The zero-order chi connectivity index (χ0) is 16.1. The number of benzene rings is 1. The van der Waals surface area contributed by atoms with Gasteiger partial charge in [0.15, 0.2) is 0 Å². The largest absolute Gasteiger partial charge is 0.396 e. The molecule has 6 nitrogen and oxygen atoms in total. The van der Waals surface area contributed by atoms with Gasteiger partial charge in [-0.2, -0.15) is 0 Å². The van der Waals surface area contributed by atoms with Crippen LogP contribution in [0.25, 0.3) is 0 Å². The van der Waals surface area contributed by atoms with Gasteiger partial charge in [0.1, 0.15) is 5.01 Å². The van der Waals surface area contributed by atoms with E-state index in [1.54, 1.807) is 0 Å². The number of para-hydroxylation sites is 1. The predicted octanol–water partition coefficient (Wildman–Crippen LogP) is 1.99. The molecule has 0 bridgehead atoms. The second kappa shape index (κ2) is 7.63. The van der Waals surface area contributed by atoms with E-state index in [-0.39, 0.29) is 12.5 Å². The Hall–Kier alpha value is -1.83. The Bertz CT molecular complexity index is 639. The van der Waals surface area contributed by atoms with E-state index < -0.39 is 0 Å². The molecule has 3 rings (SSSR count). The molecule has 2 N–H and O–H groups in total. The van der Waals surface area contributed by atoms with Crippen LogP contribution in [0.2, 0.25) is 0 Å². The van der Waals surface area contributed by atoms with Gasteiger partial charge < -0.3 is 10.4 Å². The summed E-state index contributed by atoms with van der Waals surface area (Å²) >= 11 is 1.34. The molecule has 1 fully saturated rings. The quantitative estimate of drug-likeness (QED) is 0.875. The molecule has 2 heterocycles. The first kappa shape index (κ1) is 16.0. The van der Waals surface area contributed by atoms with E-state index in [2.05, 4.69) is 20.4 Å². The van der Waals surface area contributed by atoms with Crippen LogP contribution in [-0.4, -0.2) is 45.8 Å². The van der Waals surface area contributed by atoms with Gasteiger partial charge in [-0.15, -0.1) is 10.2 Å². The highest BCUT2D eigenvalue weighted by Gasteiger charge is 2.20. The number of hydrogen-bond acceptors (Lipinski definition) is 6. The van der Waals surface area contributed by atoms with E-state index in [1.165, 1.54) is 11.3 Å². The molecule has 1 aromatic carbocycles. The Labute approximate surface area is 139 Å². The third-order valence-corrected chi connectivity index (χ3v) is 4.92. The number of carbonyl (C=O) groups excluding carboxylic acids is 1. The van der Waals surface area contributed by atoms with Crippen molar-refractivity contribution in [1.82, 2.24) is 15.1 Å². The van der Waals surface area contributed by atoms with Crippen molar-refractivity contribution in [2.45, 2.75) is 19.4 Å². The number of carbonyl (C=O) groups is 1. The number of aromatic nitrogens is 2.